The molecular weight excluding hydrogens is 369 g/mol. The minimum atomic E-state index is -4.41. The van der Waals surface area contributed by atoms with Crippen molar-refractivity contribution in [2.45, 2.75) is 11.9 Å². The number of nitrogens with zero attached hydrogens (tertiary/aromatic N) is 5. The van der Waals surface area contributed by atoms with Gasteiger partial charge in [0.1, 0.15) is 12.4 Å². The van der Waals surface area contributed by atoms with Gasteiger partial charge in [-0.2, -0.15) is 30.2 Å². The van der Waals surface area contributed by atoms with E-state index in [9.17, 15) is 13.2 Å². The first-order valence-electron chi connectivity index (χ1n) is 7.32. The van der Waals surface area contributed by atoms with E-state index in [0.29, 0.717) is 23.9 Å². The second-order valence-corrected chi connectivity index (χ2v) is 6.11. The minimum absolute atomic E-state index is 0.144. The lowest BCUT2D eigenvalue weighted by Crippen LogP contribution is -2.35. The number of nitriles is 1. The molecule has 1 aromatic heterocycles. The highest BCUT2D eigenvalue weighted by atomic mass is 32.2. The van der Waals surface area contributed by atoms with E-state index in [1.165, 1.54) is 0 Å². The van der Waals surface area contributed by atoms with Crippen LogP contribution in [-0.2, 0) is 5.75 Å². The number of guanidine groups is 2. The summed E-state index contributed by atoms with van der Waals surface area (Å²) in [7, 11) is 1.72. The monoisotopic (exact) mass is 388 g/mol. The minimum Gasteiger partial charge on any atom is -0.370 e. The lowest BCUT2D eigenvalue weighted by Gasteiger charge is -2.16. The van der Waals surface area contributed by atoms with Crippen LogP contribution in [0.3, 0.4) is 0 Å². The van der Waals surface area contributed by atoms with Crippen LogP contribution >= 0.6 is 11.8 Å². The second-order valence-electron chi connectivity index (χ2n) is 5.00. The zero-order valence-electron chi connectivity index (χ0n) is 14.0. The van der Waals surface area contributed by atoms with Crippen LogP contribution in [0.15, 0.2) is 28.2 Å². The lowest BCUT2D eigenvalue weighted by atomic mass is 10.4. The highest BCUT2D eigenvalue weighted by Crippen LogP contribution is 2.15. The van der Waals surface area contributed by atoms with Crippen LogP contribution in [0, 0.1) is 11.5 Å². The van der Waals surface area contributed by atoms with Gasteiger partial charge in [0.25, 0.3) is 0 Å². The summed E-state index contributed by atoms with van der Waals surface area (Å²) in [6, 6.07) is 5.08. The Hall–Kier alpha value is -2.68. The van der Waals surface area contributed by atoms with Gasteiger partial charge in [0.2, 0.25) is 12.2 Å². The number of halogens is 3. The van der Waals surface area contributed by atoms with Crippen molar-refractivity contribution in [3.8, 4) is 6.19 Å². The molecule has 1 heterocycles. The molecule has 0 fully saturated rings. The number of pyridine rings is 1. The molecule has 8 nitrogen and oxygen atoms in total. The Morgan fingerprint density at radius 1 is 1.42 bits per heavy atom. The summed E-state index contributed by atoms with van der Waals surface area (Å²) >= 11 is 1.58. The van der Waals surface area contributed by atoms with Gasteiger partial charge >= 0.3 is 6.18 Å². The standard InChI is InChI=1S/C14H19F3N8S/c1-25(13(20)22-9-18)5-6-26-7-10-3-2-4-11(23-10)24-12(19)21-8-14(15,16)17/h2-4H,5-8H2,1H3,(H2,20,22)(H3,19,21,23,24). The van der Waals surface area contributed by atoms with Crippen molar-refractivity contribution in [1.82, 2.24) is 9.88 Å². The zero-order chi connectivity index (χ0) is 19.6. The number of hydrogen-bond donors (Lipinski definition) is 3. The van der Waals surface area contributed by atoms with Gasteiger partial charge in [-0.1, -0.05) is 6.07 Å². The zero-order valence-corrected chi connectivity index (χ0v) is 14.8. The van der Waals surface area contributed by atoms with Gasteiger partial charge in [-0.15, -0.1) is 4.99 Å². The third-order valence-electron chi connectivity index (χ3n) is 2.87. The average Bonchev–Trinajstić information content (AvgIpc) is 2.56. The number of anilines is 1. The molecule has 0 aliphatic rings. The Morgan fingerprint density at radius 2 is 2.15 bits per heavy atom. The van der Waals surface area contributed by atoms with Gasteiger partial charge < -0.3 is 21.7 Å². The van der Waals surface area contributed by atoms with Crippen LogP contribution in [0.5, 0.6) is 0 Å². The van der Waals surface area contributed by atoms with E-state index in [4.69, 9.17) is 16.7 Å². The van der Waals surface area contributed by atoms with Crippen molar-refractivity contribution in [1.29, 1.82) is 5.26 Å². The van der Waals surface area contributed by atoms with Crippen molar-refractivity contribution in [3.63, 3.8) is 0 Å². The lowest BCUT2D eigenvalue weighted by molar-refractivity contribution is -0.118. The third kappa shape index (κ3) is 8.97. The van der Waals surface area contributed by atoms with E-state index < -0.39 is 12.7 Å². The molecule has 0 spiro atoms. The van der Waals surface area contributed by atoms with Crippen LogP contribution in [-0.4, -0.2) is 53.9 Å². The third-order valence-corrected chi connectivity index (χ3v) is 3.84. The van der Waals surface area contributed by atoms with Crippen molar-refractivity contribution < 1.29 is 13.2 Å². The molecular formula is C14H19F3N8S. The first-order chi connectivity index (χ1) is 12.2. The van der Waals surface area contributed by atoms with Crippen LogP contribution in [0.1, 0.15) is 5.69 Å². The van der Waals surface area contributed by atoms with Crippen molar-refractivity contribution >= 4 is 29.5 Å². The highest BCUT2D eigenvalue weighted by molar-refractivity contribution is 7.98. The van der Waals surface area contributed by atoms with Gasteiger partial charge in [0.15, 0.2) is 5.96 Å². The highest BCUT2D eigenvalue weighted by Gasteiger charge is 2.26. The van der Waals surface area contributed by atoms with Crippen LogP contribution in [0.4, 0.5) is 19.0 Å². The van der Waals surface area contributed by atoms with Crippen LogP contribution in [0.2, 0.25) is 0 Å². The fourth-order valence-corrected chi connectivity index (χ4v) is 2.52. The van der Waals surface area contributed by atoms with E-state index >= 15 is 0 Å². The number of rotatable bonds is 7. The SMILES string of the molecule is CN(CCSCc1cccc(NC(N)=NCC(F)(F)F)n1)C(N)=NC#N. The van der Waals surface area contributed by atoms with Gasteiger partial charge in [0.05, 0.1) is 5.69 Å². The summed E-state index contributed by atoms with van der Waals surface area (Å²) in [6.45, 7) is -0.760. The fourth-order valence-electron chi connectivity index (χ4n) is 1.60. The maximum absolute atomic E-state index is 12.1. The van der Waals surface area contributed by atoms with E-state index in [0.717, 1.165) is 5.69 Å². The Bertz CT molecular complexity index is 684. The molecule has 0 saturated heterocycles. The van der Waals surface area contributed by atoms with Gasteiger partial charge in [-0.25, -0.2) is 9.98 Å². The Balaban J connectivity index is 2.47. The second kappa shape index (κ2) is 10.3. The average molecular weight is 388 g/mol. The first-order valence-corrected chi connectivity index (χ1v) is 8.47. The van der Waals surface area contributed by atoms with E-state index in [-0.39, 0.29) is 11.9 Å². The van der Waals surface area contributed by atoms with E-state index in [2.05, 4.69) is 20.3 Å². The van der Waals surface area contributed by atoms with Crippen molar-refractivity contribution in [2.75, 3.05) is 31.2 Å². The van der Waals surface area contributed by atoms with E-state index in [1.807, 2.05) is 0 Å². The fraction of sp³-hybridized carbons (Fsp3) is 0.429. The molecule has 12 heteroatoms. The normalized spacial score (nSPS) is 12.6. The quantitative estimate of drug-likeness (QED) is 0.278. The number of nitrogens with one attached hydrogen (secondary N) is 1. The molecule has 1 rings (SSSR count). The summed E-state index contributed by atoms with van der Waals surface area (Å²) < 4.78 is 36.3. The molecule has 0 unspecified atom stereocenters. The molecule has 0 atom stereocenters. The largest absolute Gasteiger partial charge is 0.408 e. The van der Waals surface area contributed by atoms with E-state index in [1.54, 1.807) is 48.1 Å². The molecule has 0 aliphatic heterocycles. The van der Waals surface area contributed by atoms with Crippen LogP contribution < -0.4 is 16.8 Å². The molecule has 0 saturated carbocycles. The molecule has 0 bridgehead atoms. The summed E-state index contributed by atoms with van der Waals surface area (Å²) in [6.07, 6.45) is -2.79. The summed E-state index contributed by atoms with van der Waals surface area (Å²) in [4.78, 5) is 12.6. The maximum Gasteiger partial charge on any atom is 0.408 e. The number of aromatic nitrogens is 1. The van der Waals surface area contributed by atoms with Crippen LogP contribution in [0.25, 0.3) is 0 Å². The van der Waals surface area contributed by atoms with Gasteiger partial charge in [-0.05, 0) is 12.1 Å². The Labute approximate surface area is 153 Å². The molecule has 1 aromatic rings. The topological polar surface area (TPSA) is 129 Å². The number of alkyl halides is 3. The molecule has 0 radical (unpaired) electrons. The summed E-state index contributed by atoms with van der Waals surface area (Å²) in [5.41, 5.74) is 11.7. The molecule has 0 aliphatic carbocycles. The van der Waals surface area contributed by atoms with Gasteiger partial charge in [0, 0.05) is 25.1 Å². The Kier molecular flexibility index (Phi) is 8.50. The number of aliphatic imine (C=N–C) groups is 2. The predicted molar refractivity (Wildman–Crippen MR) is 96.4 cm³/mol. The predicted octanol–water partition coefficient (Wildman–Crippen LogP) is 1.33. The summed E-state index contributed by atoms with van der Waals surface area (Å²) in [5.74, 6) is 1.40. The van der Waals surface area contributed by atoms with Gasteiger partial charge in [-0.3, -0.25) is 0 Å². The van der Waals surface area contributed by atoms with Crippen molar-refractivity contribution in [3.05, 3.63) is 23.9 Å². The molecule has 0 amide bonds. The Morgan fingerprint density at radius 3 is 2.81 bits per heavy atom. The number of hydrogen-bond acceptors (Lipinski definition) is 5. The molecule has 0 aromatic carbocycles. The molecule has 26 heavy (non-hydrogen) atoms. The maximum atomic E-state index is 12.1. The first kappa shape index (κ1) is 21.4. The number of nitrogens with two attached hydrogens (primary N) is 2. The van der Waals surface area contributed by atoms with Crippen molar-refractivity contribution in [2.24, 2.45) is 21.5 Å². The number of thioether (sulfide) groups is 1. The molecule has 5 N–H and O–H groups in total. The summed E-state index contributed by atoms with van der Waals surface area (Å²) in [5, 5.41) is 11.0. The smallest absolute Gasteiger partial charge is 0.370 e. The molecule has 142 valence electrons.